The van der Waals surface area contributed by atoms with Gasteiger partial charge in [0.15, 0.2) is 5.78 Å². The molecule has 110 valence electrons. The van der Waals surface area contributed by atoms with Gasteiger partial charge in [0.1, 0.15) is 0 Å². The van der Waals surface area contributed by atoms with Crippen LogP contribution in [0.5, 0.6) is 0 Å². The zero-order chi connectivity index (χ0) is 15.6. The topological polar surface area (TPSA) is 17.1 Å². The van der Waals surface area contributed by atoms with E-state index in [4.69, 9.17) is 0 Å². The highest BCUT2D eigenvalue weighted by atomic mass is 79.9. The molecule has 0 N–H and O–H groups in total. The van der Waals surface area contributed by atoms with Crippen LogP contribution >= 0.6 is 15.9 Å². The molecular formula is C16H12BrF3O. The fourth-order valence-corrected chi connectivity index (χ4v) is 2.21. The lowest BCUT2D eigenvalue weighted by Gasteiger charge is -2.09. The van der Waals surface area contributed by atoms with E-state index in [1.807, 2.05) is 6.92 Å². The minimum Gasteiger partial charge on any atom is -0.294 e. The van der Waals surface area contributed by atoms with Crippen molar-refractivity contribution in [1.82, 2.24) is 0 Å². The summed E-state index contributed by atoms with van der Waals surface area (Å²) in [6.07, 6.45) is -4.45. The SMILES string of the molecule is Cc1cc(C(=O)Cc2cccc(C(F)(F)F)c2)ccc1Br. The third-order valence-corrected chi connectivity index (χ3v) is 3.99. The van der Waals surface area contributed by atoms with E-state index in [0.29, 0.717) is 11.1 Å². The van der Waals surface area contributed by atoms with Gasteiger partial charge in [-0.25, -0.2) is 0 Å². The molecule has 0 saturated heterocycles. The first-order valence-electron chi connectivity index (χ1n) is 6.23. The highest BCUT2D eigenvalue weighted by Gasteiger charge is 2.30. The van der Waals surface area contributed by atoms with Crippen LogP contribution in [0.4, 0.5) is 13.2 Å². The van der Waals surface area contributed by atoms with Gasteiger partial charge >= 0.3 is 6.18 Å². The van der Waals surface area contributed by atoms with Crippen LogP contribution in [0.2, 0.25) is 0 Å². The number of hydrogen-bond acceptors (Lipinski definition) is 1. The molecular weight excluding hydrogens is 345 g/mol. The summed E-state index contributed by atoms with van der Waals surface area (Å²) in [5.41, 5.74) is 1.02. The van der Waals surface area contributed by atoms with Crippen molar-refractivity contribution in [2.24, 2.45) is 0 Å². The maximum Gasteiger partial charge on any atom is 0.416 e. The molecule has 0 aliphatic rings. The average Bonchev–Trinajstić information content (AvgIpc) is 2.41. The first-order chi connectivity index (χ1) is 9.77. The predicted octanol–water partition coefficient (Wildman–Crippen LogP) is 5.20. The van der Waals surface area contributed by atoms with Crippen molar-refractivity contribution in [2.75, 3.05) is 0 Å². The monoisotopic (exact) mass is 356 g/mol. The molecule has 0 radical (unpaired) electrons. The summed E-state index contributed by atoms with van der Waals surface area (Å²) < 4.78 is 38.8. The molecule has 21 heavy (non-hydrogen) atoms. The number of Topliss-reactive ketones (excluding diaryl/α,β-unsaturated/α-hetero) is 1. The molecule has 0 spiro atoms. The first kappa shape index (κ1) is 15.8. The Bertz CT molecular complexity index is 677. The number of rotatable bonds is 3. The van der Waals surface area contributed by atoms with Crippen molar-refractivity contribution in [3.05, 3.63) is 69.2 Å². The second-order valence-electron chi connectivity index (χ2n) is 4.76. The van der Waals surface area contributed by atoms with E-state index in [2.05, 4.69) is 15.9 Å². The molecule has 0 aromatic heterocycles. The zero-order valence-corrected chi connectivity index (χ0v) is 12.8. The Kier molecular flexibility index (Phi) is 4.52. The number of ketones is 1. The molecule has 2 aromatic carbocycles. The number of carbonyl (C=O) groups excluding carboxylic acids is 1. The van der Waals surface area contributed by atoms with Crippen molar-refractivity contribution in [1.29, 1.82) is 0 Å². The van der Waals surface area contributed by atoms with Gasteiger partial charge in [0.25, 0.3) is 0 Å². The average molecular weight is 357 g/mol. The van der Waals surface area contributed by atoms with Crippen LogP contribution < -0.4 is 0 Å². The lowest BCUT2D eigenvalue weighted by Crippen LogP contribution is -2.08. The van der Waals surface area contributed by atoms with Gasteiger partial charge in [-0.05, 0) is 36.2 Å². The molecule has 2 aromatic rings. The van der Waals surface area contributed by atoms with Gasteiger partial charge in [-0.15, -0.1) is 0 Å². The molecule has 0 fully saturated rings. The maximum absolute atomic E-state index is 12.6. The van der Waals surface area contributed by atoms with Crippen LogP contribution in [0, 0.1) is 6.92 Å². The van der Waals surface area contributed by atoms with E-state index in [-0.39, 0.29) is 12.2 Å². The fourth-order valence-electron chi connectivity index (χ4n) is 1.96. The molecule has 2 rings (SSSR count). The van der Waals surface area contributed by atoms with Crippen molar-refractivity contribution in [2.45, 2.75) is 19.5 Å². The lowest BCUT2D eigenvalue weighted by atomic mass is 10.00. The highest BCUT2D eigenvalue weighted by Crippen LogP contribution is 2.29. The van der Waals surface area contributed by atoms with Crippen molar-refractivity contribution >= 4 is 21.7 Å². The Balaban J connectivity index is 2.21. The second-order valence-corrected chi connectivity index (χ2v) is 5.62. The summed E-state index contributed by atoms with van der Waals surface area (Å²) in [6, 6.07) is 10.0. The first-order valence-corrected chi connectivity index (χ1v) is 7.02. The summed E-state index contributed by atoms with van der Waals surface area (Å²) in [5, 5.41) is 0. The zero-order valence-electron chi connectivity index (χ0n) is 11.2. The Hall–Kier alpha value is -1.62. The fraction of sp³-hybridized carbons (Fsp3) is 0.188. The van der Waals surface area contributed by atoms with Crippen molar-refractivity contribution < 1.29 is 18.0 Å². The molecule has 0 saturated carbocycles. The number of alkyl halides is 3. The minimum absolute atomic E-state index is 0.0506. The van der Waals surface area contributed by atoms with Crippen LogP contribution in [0.1, 0.15) is 27.0 Å². The molecule has 0 unspecified atom stereocenters. The van der Waals surface area contributed by atoms with Gasteiger partial charge in [0, 0.05) is 16.5 Å². The van der Waals surface area contributed by atoms with Gasteiger partial charge in [-0.1, -0.05) is 40.2 Å². The van der Waals surface area contributed by atoms with E-state index in [0.717, 1.165) is 22.2 Å². The smallest absolute Gasteiger partial charge is 0.294 e. The van der Waals surface area contributed by atoms with Crippen LogP contribution in [0.3, 0.4) is 0 Å². The van der Waals surface area contributed by atoms with Crippen LogP contribution in [-0.4, -0.2) is 5.78 Å². The standard InChI is InChI=1S/C16H12BrF3O/c1-10-7-12(5-6-14(10)17)15(21)9-11-3-2-4-13(8-11)16(18,19)20/h2-8H,9H2,1H3. The van der Waals surface area contributed by atoms with Crippen LogP contribution in [-0.2, 0) is 12.6 Å². The van der Waals surface area contributed by atoms with Crippen LogP contribution in [0.15, 0.2) is 46.9 Å². The van der Waals surface area contributed by atoms with Gasteiger partial charge in [-0.3, -0.25) is 4.79 Å². The number of carbonyl (C=O) groups is 1. The Morgan fingerprint density at radius 3 is 2.48 bits per heavy atom. The number of benzene rings is 2. The van der Waals surface area contributed by atoms with Gasteiger partial charge in [0.2, 0.25) is 0 Å². The van der Waals surface area contributed by atoms with Gasteiger partial charge in [-0.2, -0.15) is 13.2 Å². The van der Waals surface area contributed by atoms with E-state index < -0.39 is 11.7 Å². The van der Waals surface area contributed by atoms with E-state index >= 15 is 0 Å². The number of halogens is 4. The normalized spacial score (nSPS) is 11.5. The largest absolute Gasteiger partial charge is 0.416 e. The minimum atomic E-state index is -4.40. The third kappa shape index (κ3) is 3.94. The Morgan fingerprint density at radius 2 is 1.86 bits per heavy atom. The summed E-state index contributed by atoms with van der Waals surface area (Å²) in [6.45, 7) is 1.85. The van der Waals surface area contributed by atoms with Crippen molar-refractivity contribution in [3.8, 4) is 0 Å². The quantitative estimate of drug-likeness (QED) is 0.690. The molecule has 5 heteroatoms. The Labute approximate surface area is 128 Å². The van der Waals surface area contributed by atoms with Crippen LogP contribution in [0.25, 0.3) is 0 Å². The molecule has 0 bridgehead atoms. The molecule has 0 amide bonds. The van der Waals surface area contributed by atoms with Gasteiger partial charge < -0.3 is 0 Å². The second kappa shape index (κ2) is 6.02. The maximum atomic E-state index is 12.6. The summed E-state index contributed by atoms with van der Waals surface area (Å²) in [7, 11) is 0. The molecule has 1 nitrogen and oxygen atoms in total. The summed E-state index contributed by atoms with van der Waals surface area (Å²) >= 11 is 3.34. The summed E-state index contributed by atoms with van der Waals surface area (Å²) in [5.74, 6) is -0.204. The van der Waals surface area contributed by atoms with Gasteiger partial charge in [0.05, 0.1) is 5.56 Å². The number of aryl methyl sites for hydroxylation is 1. The molecule has 0 heterocycles. The van der Waals surface area contributed by atoms with E-state index in [1.165, 1.54) is 12.1 Å². The van der Waals surface area contributed by atoms with Crippen molar-refractivity contribution in [3.63, 3.8) is 0 Å². The molecule has 0 aliphatic carbocycles. The predicted molar refractivity (Wildman–Crippen MR) is 78.4 cm³/mol. The molecule has 0 atom stereocenters. The van der Waals surface area contributed by atoms with E-state index in [1.54, 1.807) is 18.2 Å². The molecule has 0 aliphatic heterocycles. The Morgan fingerprint density at radius 1 is 1.14 bits per heavy atom. The van der Waals surface area contributed by atoms with E-state index in [9.17, 15) is 18.0 Å². The summed E-state index contributed by atoms with van der Waals surface area (Å²) in [4.78, 5) is 12.1. The highest BCUT2D eigenvalue weighted by molar-refractivity contribution is 9.10. The number of hydrogen-bond donors (Lipinski definition) is 0. The lowest BCUT2D eigenvalue weighted by molar-refractivity contribution is -0.137. The third-order valence-electron chi connectivity index (χ3n) is 3.10.